The van der Waals surface area contributed by atoms with Gasteiger partial charge in [-0.25, -0.2) is 9.78 Å². The number of nitrogens with zero attached hydrogens (tertiary/aromatic N) is 2. The number of carbonyl (C=O) groups excluding carboxylic acids is 1. The predicted octanol–water partition coefficient (Wildman–Crippen LogP) is 6.57. The van der Waals surface area contributed by atoms with Crippen LogP contribution in [-0.2, 0) is 4.79 Å². The van der Waals surface area contributed by atoms with E-state index in [1.807, 2.05) is 44.4 Å². The van der Waals surface area contributed by atoms with E-state index in [2.05, 4.69) is 10.2 Å². The zero-order valence-corrected chi connectivity index (χ0v) is 27.2. The molecule has 9 nitrogen and oxygen atoms in total. The molecule has 45 heavy (non-hydrogen) atoms. The van der Waals surface area contributed by atoms with Crippen LogP contribution in [0, 0.1) is 11.8 Å². The highest BCUT2D eigenvalue weighted by Gasteiger charge is 2.56. The maximum Gasteiger partial charge on any atom is 0.330 e. The first-order valence-corrected chi connectivity index (χ1v) is 15.9. The van der Waals surface area contributed by atoms with Gasteiger partial charge in [-0.05, 0) is 94.4 Å². The van der Waals surface area contributed by atoms with E-state index < -0.39 is 17.4 Å². The fourth-order valence-electron chi connectivity index (χ4n) is 7.06. The summed E-state index contributed by atoms with van der Waals surface area (Å²) in [4.78, 5) is 33.8. The number of rotatable bonds is 12. The lowest BCUT2D eigenvalue weighted by molar-refractivity contribution is -0.154. The molecule has 1 heterocycles. The average molecular weight is 636 g/mol. The third kappa shape index (κ3) is 6.60. The Hall–Kier alpha value is -3.82. The van der Waals surface area contributed by atoms with Crippen LogP contribution in [0.1, 0.15) is 55.4 Å². The van der Waals surface area contributed by atoms with Gasteiger partial charge in [0.05, 0.1) is 37.1 Å². The highest BCUT2D eigenvalue weighted by molar-refractivity contribution is 6.32. The number of fused-ring (bicyclic) bond motifs is 2. The molecule has 0 atom stereocenters. The molecule has 3 aromatic rings. The van der Waals surface area contributed by atoms with E-state index in [1.165, 1.54) is 0 Å². The summed E-state index contributed by atoms with van der Waals surface area (Å²) in [5.74, 6) is -0.0349. The Morgan fingerprint density at radius 1 is 0.978 bits per heavy atom. The first-order valence-electron chi connectivity index (χ1n) is 15.5. The van der Waals surface area contributed by atoms with Crippen molar-refractivity contribution in [2.24, 2.45) is 11.8 Å². The number of aromatic nitrogens is 1. The highest BCUT2D eigenvalue weighted by Crippen LogP contribution is 2.48. The maximum absolute atomic E-state index is 13.9. The number of aliphatic carboxylic acids is 1. The van der Waals surface area contributed by atoms with Gasteiger partial charge < -0.3 is 29.5 Å². The Bertz CT molecular complexity index is 1500. The summed E-state index contributed by atoms with van der Waals surface area (Å²) < 4.78 is 17.5. The normalized spacial score (nSPS) is 20.8. The Kier molecular flexibility index (Phi) is 10.2. The van der Waals surface area contributed by atoms with Gasteiger partial charge in [-0.1, -0.05) is 36.6 Å². The van der Waals surface area contributed by atoms with E-state index in [1.54, 1.807) is 32.4 Å². The Morgan fingerprint density at radius 3 is 2.20 bits per heavy atom. The van der Waals surface area contributed by atoms with E-state index in [9.17, 15) is 14.7 Å². The van der Waals surface area contributed by atoms with Gasteiger partial charge >= 0.3 is 5.97 Å². The molecule has 5 rings (SSSR count). The molecule has 240 valence electrons. The molecule has 0 aliphatic heterocycles. The molecule has 2 aliphatic rings. The molecular weight excluding hydrogens is 594 g/mol. The number of methoxy groups -OCH3 is 2. The minimum Gasteiger partial charge on any atom is -0.496 e. The largest absolute Gasteiger partial charge is 0.496 e. The number of halogens is 1. The first kappa shape index (κ1) is 32.6. The van der Waals surface area contributed by atoms with Crippen LogP contribution in [0.2, 0.25) is 5.02 Å². The van der Waals surface area contributed by atoms with Crippen molar-refractivity contribution in [1.82, 2.24) is 15.2 Å². The smallest absolute Gasteiger partial charge is 0.330 e. The van der Waals surface area contributed by atoms with Gasteiger partial charge in [0.15, 0.2) is 0 Å². The van der Waals surface area contributed by atoms with Crippen LogP contribution in [-0.4, -0.2) is 73.9 Å². The van der Waals surface area contributed by atoms with Gasteiger partial charge in [0.1, 0.15) is 28.5 Å². The molecule has 2 N–H and O–H groups in total. The number of carboxylic acid groups (broad SMARTS) is 1. The molecule has 10 heteroatoms. The number of pyridine rings is 1. The quantitative estimate of drug-likeness (QED) is 0.215. The van der Waals surface area contributed by atoms with E-state index in [0.717, 1.165) is 51.5 Å². The summed E-state index contributed by atoms with van der Waals surface area (Å²) in [6, 6.07) is 14.3. The summed E-state index contributed by atoms with van der Waals surface area (Å²) in [6.45, 7) is 1.34. The van der Waals surface area contributed by atoms with Gasteiger partial charge in [-0.3, -0.25) is 4.79 Å². The summed E-state index contributed by atoms with van der Waals surface area (Å²) >= 11 is 6.54. The lowest BCUT2D eigenvalue weighted by atomic mass is 9.59. The zero-order chi connectivity index (χ0) is 32.1. The van der Waals surface area contributed by atoms with Crippen LogP contribution in [0.3, 0.4) is 0 Å². The van der Waals surface area contributed by atoms with Gasteiger partial charge in [0.2, 0.25) is 0 Å². The molecule has 2 fully saturated rings. The number of carboxylic acids is 1. The van der Waals surface area contributed by atoms with Crippen LogP contribution in [0.5, 0.6) is 17.2 Å². The third-order valence-corrected chi connectivity index (χ3v) is 9.52. The van der Waals surface area contributed by atoms with Gasteiger partial charge in [-0.15, -0.1) is 0 Å². The van der Waals surface area contributed by atoms with Gasteiger partial charge in [0.25, 0.3) is 5.91 Å². The molecule has 0 unspecified atom stereocenters. The second kappa shape index (κ2) is 14.1. The molecule has 1 aromatic heterocycles. The van der Waals surface area contributed by atoms with Crippen molar-refractivity contribution in [3.8, 4) is 39.6 Å². The highest BCUT2D eigenvalue weighted by atomic mass is 35.5. The molecule has 2 saturated carbocycles. The maximum atomic E-state index is 13.9. The second-order valence-electron chi connectivity index (χ2n) is 12.2. The van der Waals surface area contributed by atoms with Crippen LogP contribution in [0.15, 0.2) is 48.5 Å². The SMILES string of the molecule is COc1cccc(OC)c1-c1ccc(C(=O)NC2(C(=O)O)C3CCCC2CCC3)nc1-c1ccc(Cl)c(OCCCN(C)C)c1. The molecule has 1 amide bonds. The Morgan fingerprint density at radius 2 is 1.62 bits per heavy atom. The number of hydrogen-bond donors (Lipinski definition) is 2. The topological polar surface area (TPSA) is 110 Å². The molecular formula is C35H42ClN3O6. The number of ether oxygens (including phenoxy) is 3. The van der Waals surface area contributed by atoms with Crippen molar-refractivity contribution in [2.75, 3.05) is 41.5 Å². The Labute approximate surface area is 269 Å². The lowest BCUT2D eigenvalue weighted by Crippen LogP contribution is -2.66. The minimum atomic E-state index is -1.30. The predicted molar refractivity (Wildman–Crippen MR) is 174 cm³/mol. The molecule has 2 bridgehead atoms. The first-order chi connectivity index (χ1) is 21.7. The monoisotopic (exact) mass is 635 g/mol. The van der Waals surface area contributed by atoms with E-state index >= 15 is 0 Å². The van der Waals surface area contributed by atoms with Gasteiger partial charge in [-0.2, -0.15) is 0 Å². The summed E-state index contributed by atoms with van der Waals surface area (Å²) in [6.07, 6.45) is 5.93. The van der Waals surface area contributed by atoms with Crippen molar-refractivity contribution < 1.29 is 28.9 Å². The van der Waals surface area contributed by atoms with Gasteiger partial charge in [0, 0.05) is 17.7 Å². The zero-order valence-electron chi connectivity index (χ0n) is 26.4. The number of hydrogen-bond acceptors (Lipinski definition) is 7. The second-order valence-corrected chi connectivity index (χ2v) is 12.6. The van der Waals surface area contributed by atoms with E-state index in [-0.39, 0.29) is 17.5 Å². The van der Waals surface area contributed by atoms with Crippen LogP contribution in [0.25, 0.3) is 22.4 Å². The molecule has 0 spiro atoms. The van der Waals surface area contributed by atoms with Crippen LogP contribution < -0.4 is 19.5 Å². The molecule has 0 radical (unpaired) electrons. The Balaban J connectivity index is 1.59. The van der Waals surface area contributed by atoms with Crippen LogP contribution >= 0.6 is 11.6 Å². The minimum absolute atomic E-state index is 0.105. The fourth-order valence-corrected chi connectivity index (χ4v) is 7.23. The van der Waals surface area contributed by atoms with Crippen molar-refractivity contribution in [1.29, 1.82) is 0 Å². The summed E-state index contributed by atoms with van der Waals surface area (Å²) in [7, 11) is 7.19. The lowest BCUT2D eigenvalue weighted by Gasteiger charge is -2.50. The van der Waals surface area contributed by atoms with Crippen molar-refractivity contribution in [3.05, 3.63) is 59.2 Å². The van der Waals surface area contributed by atoms with Crippen LogP contribution in [0.4, 0.5) is 0 Å². The summed E-state index contributed by atoms with van der Waals surface area (Å²) in [5.41, 5.74) is 1.31. The van der Waals surface area contributed by atoms with E-state index in [0.29, 0.717) is 51.3 Å². The average Bonchev–Trinajstić information content (AvgIpc) is 3.02. The van der Waals surface area contributed by atoms with Crippen molar-refractivity contribution in [2.45, 2.75) is 50.5 Å². The summed E-state index contributed by atoms with van der Waals surface area (Å²) in [5, 5.41) is 14.0. The van der Waals surface area contributed by atoms with Crippen molar-refractivity contribution in [3.63, 3.8) is 0 Å². The molecule has 2 aromatic carbocycles. The number of nitrogens with one attached hydrogen (secondary N) is 1. The number of amides is 1. The van der Waals surface area contributed by atoms with E-state index in [4.69, 9.17) is 30.8 Å². The standard InChI is InChI=1S/C35H42ClN3O6/c1-39(2)19-8-20-45-30-21-22(15-17-26(30)36)32-25(31-28(43-3)13-7-14-29(31)44-4)16-18-27(37-32)33(40)38-35(34(41)42)23-9-5-10-24(35)12-6-11-23/h7,13-18,21,23-24H,5-6,8-12,19-20H2,1-4H3,(H,38,40)(H,41,42). The molecule has 0 saturated heterocycles. The molecule has 2 aliphatic carbocycles. The number of carbonyl (C=O) groups is 2. The number of benzene rings is 2. The van der Waals surface area contributed by atoms with Crippen molar-refractivity contribution >= 4 is 23.5 Å². The third-order valence-electron chi connectivity index (χ3n) is 9.21. The fraction of sp³-hybridized carbons (Fsp3) is 0.457.